The number of thiophene rings is 1. The molecule has 0 aromatic carbocycles. The molecule has 20 heavy (non-hydrogen) atoms. The Morgan fingerprint density at radius 2 is 2.15 bits per heavy atom. The molecule has 110 valence electrons. The molecule has 2 amide bonds. The Morgan fingerprint density at radius 3 is 2.65 bits per heavy atom. The Balaban J connectivity index is 2.60. The minimum atomic E-state index is -0.700. The van der Waals surface area contributed by atoms with Gasteiger partial charge in [0.2, 0.25) is 5.91 Å². The average Bonchev–Trinajstić information content (AvgIpc) is 2.97. The van der Waals surface area contributed by atoms with E-state index in [1.54, 1.807) is 31.4 Å². The van der Waals surface area contributed by atoms with Gasteiger partial charge in [-0.15, -0.1) is 11.3 Å². The predicted octanol–water partition coefficient (Wildman–Crippen LogP) is 0.888. The minimum Gasteiger partial charge on any atom is -0.468 e. The van der Waals surface area contributed by atoms with E-state index < -0.39 is 12.0 Å². The van der Waals surface area contributed by atoms with Crippen LogP contribution in [-0.2, 0) is 14.3 Å². The lowest BCUT2D eigenvalue weighted by atomic mass is 10.2. The lowest BCUT2D eigenvalue weighted by Crippen LogP contribution is -2.48. The van der Waals surface area contributed by atoms with E-state index in [2.05, 4.69) is 10.1 Å². The van der Waals surface area contributed by atoms with E-state index in [1.807, 2.05) is 0 Å². The van der Waals surface area contributed by atoms with Gasteiger partial charge in [-0.3, -0.25) is 14.4 Å². The number of carbonyl (C=O) groups is 3. The first-order valence-electron chi connectivity index (χ1n) is 6.19. The zero-order chi connectivity index (χ0) is 15.1. The van der Waals surface area contributed by atoms with Gasteiger partial charge in [0.25, 0.3) is 5.91 Å². The smallest absolute Gasteiger partial charge is 0.325 e. The molecule has 0 spiro atoms. The Bertz CT molecular complexity index is 473. The molecule has 0 saturated carbocycles. The summed E-state index contributed by atoms with van der Waals surface area (Å²) in [4.78, 5) is 37.1. The number of carbonyl (C=O) groups excluding carboxylic acids is 3. The van der Waals surface area contributed by atoms with Gasteiger partial charge in [-0.25, -0.2) is 0 Å². The van der Waals surface area contributed by atoms with E-state index in [4.69, 9.17) is 0 Å². The zero-order valence-corrected chi connectivity index (χ0v) is 12.5. The lowest BCUT2D eigenvalue weighted by molar-refractivity contribution is -0.147. The van der Waals surface area contributed by atoms with Crippen molar-refractivity contribution in [3.05, 3.63) is 22.4 Å². The molecule has 1 aromatic heterocycles. The standard InChI is InChI=1S/C13H18N2O4S/c1-4-15(8-11(16)19-3)13(18)9(2)14-12(17)10-6-5-7-20-10/h5-7,9H,4,8H2,1-3H3,(H,14,17). The maximum atomic E-state index is 12.1. The molecule has 1 rings (SSSR count). The number of esters is 1. The molecule has 0 aliphatic heterocycles. The molecule has 6 nitrogen and oxygen atoms in total. The summed E-state index contributed by atoms with van der Waals surface area (Å²) in [5.41, 5.74) is 0. The zero-order valence-electron chi connectivity index (χ0n) is 11.7. The molecule has 0 bridgehead atoms. The van der Waals surface area contributed by atoms with Crippen LogP contribution in [-0.4, -0.2) is 48.9 Å². The van der Waals surface area contributed by atoms with E-state index in [0.717, 1.165) is 0 Å². The van der Waals surface area contributed by atoms with Crippen molar-refractivity contribution in [1.29, 1.82) is 0 Å². The van der Waals surface area contributed by atoms with Gasteiger partial charge in [0, 0.05) is 6.54 Å². The van der Waals surface area contributed by atoms with E-state index in [0.29, 0.717) is 11.4 Å². The third-order valence-corrected chi connectivity index (χ3v) is 3.57. The summed E-state index contributed by atoms with van der Waals surface area (Å²) in [6, 6.07) is 2.75. The summed E-state index contributed by atoms with van der Waals surface area (Å²) in [6.45, 7) is 3.60. The highest BCUT2D eigenvalue weighted by Crippen LogP contribution is 2.08. The average molecular weight is 298 g/mol. The molecular formula is C13H18N2O4S. The number of nitrogens with one attached hydrogen (secondary N) is 1. The van der Waals surface area contributed by atoms with Crippen molar-refractivity contribution in [2.24, 2.45) is 0 Å². The van der Waals surface area contributed by atoms with Crippen molar-refractivity contribution in [3.63, 3.8) is 0 Å². The van der Waals surface area contributed by atoms with Gasteiger partial charge in [0.05, 0.1) is 12.0 Å². The van der Waals surface area contributed by atoms with Crippen LogP contribution in [0.3, 0.4) is 0 Å². The van der Waals surface area contributed by atoms with Gasteiger partial charge in [-0.05, 0) is 25.3 Å². The van der Waals surface area contributed by atoms with Crippen molar-refractivity contribution in [2.45, 2.75) is 19.9 Å². The number of nitrogens with zero attached hydrogens (tertiary/aromatic N) is 1. The third-order valence-electron chi connectivity index (χ3n) is 2.70. The number of methoxy groups -OCH3 is 1. The van der Waals surface area contributed by atoms with Crippen LogP contribution in [0, 0.1) is 0 Å². The van der Waals surface area contributed by atoms with Crippen LogP contribution < -0.4 is 5.32 Å². The number of likely N-dealkylation sites (N-methyl/N-ethyl adjacent to an activating group) is 1. The molecule has 0 aliphatic rings. The summed E-state index contributed by atoms with van der Waals surface area (Å²) in [5, 5.41) is 4.40. The Labute approximate surface area is 121 Å². The van der Waals surface area contributed by atoms with Crippen molar-refractivity contribution in [3.8, 4) is 0 Å². The van der Waals surface area contributed by atoms with Crippen LogP contribution >= 0.6 is 11.3 Å². The molecule has 1 atom stereocenters. The van der Waals surface area contributed by atoms with Crippen LogP contribution in [0.2, 0.25) is 0 Å². The molecule has 1 N–H and O–H groups in total. The van der Waals surface area contributed by atoms with E-state index in [9.17, 15) is 14.4 Å². The molecule has 1 unspecified atom stereocenters. The van der Waals surface area contributed by atoms with Crippen LogP contribution in [0.4, 0.5) is 0 Å². The first kappa shape index (κ1) is 16.2. The fraction of sp³-hybridized carbons (Fsp3) is 0.462. The Morgan fingerprint density at radius 1 is 1.45 bits per heavy atom. The maximum absolute atomic E-state index is 12.1. The predicted molar refractivity (Wildman–Crippen MR) is 75.5 cm³/mol. The Hall–Kier alpha value is -1.89. The summed E-state index contributed by atoms with van der Waals surface area (Å²) in [5.74, 6) is -1.10. The number of hydrogen-bond donors (Lipinski definition) is 1. The van der Waals surface area contributed by atoms with Gasteiger partial charge in [0.1, 0.15) is 12.6 Å². The molecule has 7 heteroatoms. The largest absolute Gasteiger partial charge is 0.468 e. The fourth-order valence-electron chi connectivity index (χ4n) is 1.58. The second kappa shape index (κ2) is 7.64. The second-order valence-electron chi connectivity index (χ2n) is 4.10. The molecule has 1 aromatic rings. The first-order valence-corrected chi connectivity index (χ1v) is 7.07. The quantitative estimate of drug-likeness (QED) is 0.791. The summed E-state index contributed by atoms with van der Waals surface area (Å²) in [7, 11) is 1.27. The number of hydrogen-bond acceptors (Lipinski definition) is 5. The highest BCUT2D eigenvalue weighted by atomic mass is 32.1. The number of ether oxygens (including phenoxy) is 1. The molecular weight excluding hydrogens is 280 g/mol. The highest BCUT2D eigenvalue weighted by molar-refractivity contribution is 7.12. The van der Waals surface area contributed by atoms with Crippen molar-refractivity contribution >= 4 is 29.1 Å². The fourth-order valence-corrected chi connectivity index (χ4v) is 2.20. The monoisotopic (exact) mass is 298 g/mol. The normalized spacial score (nSPS) is 11.6. The van der Waals surface area contributed by atoms with Crippen molar-refractivity contribution < 1.29 is 19.1 Å². The third kappa shape index (κ3) is 4.34. The Kier molecular flexibility index (Phi) is 6.17. The van der Waals surface area contributed by atoms with Gasteiger partial charge in [0.15, 0.2) is 0 Å². The van der Waals surface area contributed by atoms with E-state index >= 15 is 0 Å². The summed E-state index contributed by atoms with van der Waals surface area (Å²) < 4.78 is 4.53. The molecule has 0 saturated heterocycles. The SMILES string of the molecule is CCN(CC(=O)OC)C(=O)C(C)NC(=O)c1cccs1. The van der Waals surface area contributed by atoms with Crippen LogP contribution in [0.5, 0.6) is 0 Å². The summed E-state index contributed by atoms with van der Waals surface area (Å²) in [6.07, 6.45) is 0. The van der Waals surface area contributed by atoms with E-state index in [-0.39, 0.29) is 18.4 Å². The van der Waals surface area contributed by atoms with Crippen molar-refractivity contribution in [1.82, 2.24) is 10.2 Å². The van der Waals surface area contributed by atoms with Crippen LogP contribution in [0.15, 0.2) is 17.5 Å². The molecule has 0 aliphatic carbocycles. The summed E-state index contributed by atoms with van der Waals surface area (Å²) >= 11 is 1.30. The van der Waals surface area contributed by atoms with Gasteiger partial charge in [-0.1, -0.05) is 6.07 Å². The molecule has 0 fully saturated rings. The van der Waals surface area contributed by atoms with E-state index in [1.165, 1.54) is 23.3 Å². The van der Waals surface area contributed by atoms with Gasteiger partial charge >= 0.3 is 5.97 Å². The topological polar surface area (TPSA) is 75.7 Å². The van der Waals surface area contributed by atoms with Crippen molar-refractivity contribution in [2.75, 3.05) is 20.2 Å². The molecule has 1 heterocycles. The van der Waals surface area contributed by atoms with Crippen LogP contribution in [0.25, 0.3) is 0 Å². The second-order valence-corrected chi connectivity index (χ2v) is 5.05. The highest BCUT2D eigenvalue weighted by Gasteiger charge is 2.23. The number of amides is 2. The lowest BCUT2D eigenvalue weighted by Gasteiger charge is -2.23. The minimum absolute atomic E-state index is 0.120. The van der Waals surface area contributed by atoms with Crippen LogP contribution in [0.1, 0.15) is 23.5 Å². The number of rotatable bonds is 6. The van der Waals surface area contributed by atoms with Gasteiger partial charge in [-0.2, -0.15) is 0 Å². The van der Waals surface area contributed by atoms with Gasteiger partial charge < -0.3 is 15.0 Å². The molecule has 0 radical (unpaired) electrons. The first-order chi connectivity index (χ1) is 9.49. The maximum Gasteiger partial charge on any atom is 0.325 e.